The molecule has 0 N–H and O–H groups in total. The van der Waals surface area contributed by atoms with Gasteiger partial charge in [0.1, 0.15) is 35.9 Å². The lowest BCUT2D eigenvalue weighted by molar-refractivity contribution is -0.226. The number of nitrogens with zero attached hydrogens (tertiary/aromatic N) is 1. The summed E-state index contributed by atoms with van der Waals surface area (Å²) in [7, 11) is 1.60. The number of anilines is 1. The standard InChI is InChI=1S/C30H31NO7/c1-30(2)37-27-26(34-18-19-11-6-4-7-12-19)24(36-29(27)38-30)23-25(35-21-14-8-5-9-15-21)28(32)31(23)20-13-10-16-22(17-20)33-3/h4-17,23-27,29H,18H2,1-3H3/t23-,24-,25+,26+,27-,29-/m1/s1. The molecule has 8 nitrogen and oxygen atoms in total. The molecule has 6 rings (SSSR count). The number of para-hydroxylation sites is 1. The molecular formula is C30H31NO7. The molecule has 8 heteroatoms. The van der Waals surface area contributed by atoms with E-state index in [1.807, 2.05) is 98.8 Å². The van der Waals surface area contributed by atoms with Crippen LogP contribution in [-0.4, -0.2) is 55.6 Å². The van der Waals surface area contributed by atoms with Gasteiger partial charge in [0.15, 0.2) is 12.1 Å². The molecule has 3 aromatic carbocycles. The second-order valence-electron chi connectivity index (χ2n) is 10.1. The minimum atomic E-state index is -0.809. The number of carbonyl (C=O) groups is 1. The van der Waals surface area contributed by atoms with Crippen LogP contribution in [0.3, 0.4) is 0 Å². The maximum Gasteiger partial charge on any atom is 0.270 e. The number of hydrogen-bond acceptors (Lipinski definition) is 7. The zero-order valence-corrected chi connectivity index (χ0v) is 21.6. The Morgan fingerprint density at radius 2 is 1.58 bits per heavy atom. The SMILES string of the molecule is COc1cccc(N2C(=O)[C@@H](Oc3ccccc3)[C@H]2[C@H]2O[C@@H]3OC(C)(C)O[C@@H]3[C@H]2OCc2ccccc2)c1. The highest BCUT2D eigenvalue weighted by Crippen LogP contribution is 2.45. The van der Waals surface area contributed by atoms with Gasteiger partial charge in [-0.05, 0) is 43.7 Å². The van der Waals surface area contributed by atoms with Crippen molar-refractivity contribution in [3.05, 3.63) is 90.5 Å². The number of hydrogen-bond donors (Lipinski definition) is 0. The molecule has 38 heavy (non-hydrogen) atoms. The third kappa shape index (κ3) is 4.65. The second kappa shape index (κ2) is 10.0. The van der Waals surface area contributed by atoms with Crippen molar-refractivity contribution in [3.8, 4) is 11.5 Å². The number of β-lactam (4-membered cyclic amide) rings is 1. The van der Waals surface area contributed by atoms with Crippen molar-refractivity contribution >= 4 is 11.6 Å². The van der Waals surface area contributed by atoms with Gasteiger partial charge in [-0.15, -0.1) is 0 Å². The normalized spacial score (nSPS) is 29.6. The third-order valence-electron chi connectivity index (χ3n) is 7.08. The van der Waals surface area contributed by atoms with Gasteiger partial charge in [0.2, 0.25) is 6.10 Å². The number of amides is 1. The van der Waals surface area contributed by atoms with E-state index < -0.39 is 42.5 Å². The molecule has 0 bridgehead atoms. The molecule has 3 aliphatic heterocycles. The van der Waals surface area contributed by atoms with Gasteiger partial charge in [-0.25, -0.2) is 0 Å². The molecule has 0 radical (unpaired) electrons. The summed E-state index contributed by atoms with van der Waals surface area (Å²) in [5.74, 6) is 0.277. The Kier molecular flexibility index (Phi) is 6.57. The molecule has 0 aliphatic carbocycles. The van der Waals surface area contributed by atoms with Gasteiger partial charge in [-0.1, -0.05) is 54.6 Å². The average Bonchev–Trinajstić information content (AvgIpc) is 3.41. The van der Waals surface area contributed by atoms with E-state index in [0.29, 0.717) is 23.8 Å². The van der Waals surface area contributed by atoms with E-state index in [9.17, 15) is 4.79 Å². The van der Waals surface area contributed by atoms with E-state index in [4.69, 9.17) is 28.4 Å². The molecule has 1 amide bonds. The van der Waals surface area contributed by atoms with Crippen LogP contribution >= 0.6 is 0 Å². The maximum atomic E-state index is 13.6. The zero-order chi connectivity index (χ0) is 26.3. The first-order chi connectivity index (χ1) is 18.4. The van der Waals surface area contributed by atoms with Crippen LogP contribution in [-0.2, 0) is 30.3 Å². The van der Waals surface area contributed by atoms with Gasteiger partial charge in [0.25, 0.3) is 5.91 Å². The Labute approximate surface area is 222 Å². The summed E-state index contributed by atoms with van der Waals surface area (Å²) in [5, 5.41) is 0. The minimum absolute atomic E-state index is 0.170. The van der Waals surface area contributed by atoms with Crippen molar-refractivity contribution in [2.24, 2.45) is 0 Å². The molecule has 198 valence electrons. The fraction of sp³-hybridized carbons (Fsp3) is 0.367. The second-order valence-corrected chi connectivity index (χ2v) is 10.1. The Bertz CT molecular complexity index is 1270. The lowest BCUT2D eigenvalue weighted by Crippen LogP contribution is -2.73. The fourth-order valence-corrected chi connectivity index (χ4v) is 5.36. The minimum Gasteiger partial charge on any atom is -0.497 e. The van der Waals surface area contributed by atoms with E-state index in [1.54, 1.807) is 12.0 Å². The highest BCUT2D eigenvalue weighted by molar-refractivity contribution is 6.05. The Morgan fingerprint density at radius 1 is 0.868 bits per heavy atom. The van der Waals surface area contributed by atoms with E-state index in [-0.39, 0.29) is 5.91 Å². The van der Waals surface area contributed by atoms with Crippen molar-refractivity contribution in [2.45, 2.75) is 63.0 Å². The number of benzene rings is 3. The van der Waals surface area contributed by atoms with Gasteiger partial charge in [-0.3, -0.25) is 9.69 Å². The van der Waals surface area contributed by atoms with E-state index in [0.717, 1.165) is 5.56 Å². The number of ether oxygens (including phenoxy) is 6. The maximum absolute atomic E-state index is 13.6. The topological polar surface area (TPSA) is 75.7 Å². The fourth-order valence-electron chi connectivity index (χ4n) is 5.36. The van der Waals surface area contributed by atoms with Crippen molar-refractivity contribution in [1.82, 2.24) is 0 Å². The van der Waals surface area contributed by atoms with Crippen LogP contribution in [0.4, 0.5) is 5.69 Å². The van der Waals surface area contributed by atoms with Crippen LogP contribution in [0, 0.1) is 0 Å². The van der Waals surface area contributed by atoms with Gasteiger partial charge >= 0.3 is 0 Å². The van der Waals surface area contributed by atoms with Crippen LogP contribution < -0.4 is 14.4 Å². The predicted octanol–water partition coefficient (Wildman–Crippen LogP) is 4.32. The first-order valence-corrected chi connectivity index (χ1v) is 12.8. The van der Waals surface area contributed by atoms with E-state index in [2.05, 4.69) is 0 Å². The highest BCUT2D eigenvalue weighted by atomic mass is 16.8. The van der Waals surface area contributed by atoms with Crippen LogP contribution in [0.1, 0.15) is 19.4 Å². The molecule has 6 atom stereocenters. The summed E-state index contributed by atoms with van der Waals surface area (Å²) < 4.78 is 36.9. The van der Waals surface area contributed by atoms with Crippen LogP contribution in [0.25, 0.3) is 0 Å². The first kappa shape index (κ1) is 24.9. The molecule has 3 heterocycles. The summed E-state index contributed by atoms with van der Waals surface area (Å²) in [6.07, 6.45) is -2.93. The van der Waals surface area contributed by atoms with Crippen LogP contribution in [0.15, 0.2) is 84.9 Å². The molecule has 0 saturated carbocycles. The lowest BCUT2D eigenvalue weighted by Gasteiger charge is -2.49. The Morgan fingerprint density at radius 3 is 2.32 bits per heavy atom. The molecule has 0 aromatic heterocycles. The molecule has 3 aromatic rings. The monoisotopic (exact) mass is 517 g/mol. The van der Waals surface area contributed by atoms with E-state index >= 15 is 0 Å². The molecule has 3 aliphatic rings. The Balaban J connectivity index is 1.34. The van der Waals surface area contributed by atoms with E-state index in [1.165, 1.54) is 0 Å². The van der Waals surface area contributed by atoms with Crippen molar-refractivity contribution in [1.29, 1.82) is 0 Å². The number of methoxy groups -OCH3 is 1. The zero-order valence-electron chi connectivity index (χ0n) is 21.6. The van der Waals surface area contributed by atoms with Crippen molar-refractivity contribution in [3.63, 3.8) is 0 Å². The summed E-state index contributed by atoms with van der Waals surface area (Å²) in [4.78, 5) is 15.3. The average molecular weight is 518 g/mol. The quantitative estimate of drug-likeness (QED) is 0.412. The number of fused-ring (bicyclic) bond motifs is 1. The van der Waals surface area contributed by atoms with Gasteiger partial charge in [0, 0.05) is 11.8 Å². The van der Waals surface area contributed by atoms with Crippen LogP contribution in [0.2, 0.25) is 0 Å². The highest BCUT2D eigenvalue weighted by Gasteiger charge is 2.64. The molecular weight excluding hydrogens is 486 g/mol. The largest absolute Gasteiger partial charge is 0.497 e. The van der Waals surface area contributed by atoms with Crippen LogP contribution in [0.5, 0.6) is 11.5 Å². The Hall–Kier alpha value is -3.43. The predicted molar refractivity (Wildman–Crippen MR) is 139 cm³/mol. The first-order valence-electron chi connectivity index (χ1n) is 12.8. The van der Waals surface area contributed by atoms with Crippen molar-refractivity contribution in [2.75, 3.05) is 12.0 Å². The summed E-state index contributed by atoms with van der Waals surface area (Å²) in [5.41, 5.74) is 1.72. The van der Waals surface area contributed by atoms with Crippen molar-refractivity contribution < 1.29 is 33.2 Å². The molecule has 3 fully saturated rings. The van der Waals surface area contributed by atoms with Gasteiger partial charge in [0.05, 0.1) is 13.7 Å². The molecule has 3 saturated heterocycles. The molecule has 0 spiro atoms. The summed E-state index contributed by atoms with van der Waals surface area (Å²) in [6.45, 7) is 4.08. The molecule has 0 unspecified atom stereocenters. The number of carbonyl (C=O) groups excluding carboxylic acids is 1. The van der Waals surface area contributed by atoms with Gasteiger partial charge < -0.3 is 28.4 Å². The third-order valence-corrected chi connectivity index (χ3v) is 7.08. The van der Waals surface area contributed by atoms with Gasteiger partial charge in [-0.2, -0.15) is 0 Å². The number of rotatable bonds is 8. The smallest absolute Gasteiger partial charge is 0.270 e. The summed E-state index contributed by atoms with van der Waals surface area (Å²) in [6, 6.07) is 26.2. The summed E-state index contributed by atoms with van der Waals surface area (Å²) >= 11 is 0. The lowest BCUT2D eigenvalue weighted by atomic mass is 9.88.